The standard InChI is InChI=1S/C15H15NO3/c1-11-6-8-12(9-7-11)13(16-18)10-19-15-5-3-2-4-14(15)17/h2-10,16-18H,1H3/b13-10-. The predicted octanol–water partition coefficient (Wildman–Crippen LogP) is 3.06. The molecule has 0 aromatic heterocycles. The summed E-state index contributed by atoms with van der Waals surface area (Å²) in [5.74, 6) is 0.363. The molecule has 0 aliphatic rings. The summed E-state index contributed by atoms with van der Waals surface area (Å²) in [5.41, 5.74) is 4.40. The van der Waals surface area contributed by atoms with Crippen LogP contribution in [0.15, 0.2) is 54.8 Å². The molecule has 0 heterocycles. The molecule has 4 nitrogen and oxygen atoms in total. The van der Waals surface area contributed by atoms with E-state index in [9.17, 15) is 5.11 Å². The first-order valence-electron chi connectivity index (χ1n) is 5.82. The van der Waals surface area contributed by atoms with Gasteiger partial charge in [-0.25, -0.2) is 0 Å². The number of ether oxygens (including phenoxy) is 1. The number of phenolic OH excluding ortho intramolecular Hbond substituents is 1. The number of hydrogen-bond donors (Lipinski definition) is 3. The van der Waals surface area contributed by atoms with Gasteiger partial charge in [-0.3, -0.25) is 10.7 Å². The summed E-state index contributed by atoms with van der Waals surface area (Å²) in [7, 11) is 0. The molecule has 4 heteroatoms. The lowest BCUT2D eigenvalue weighted by Gasteiger charge is -2.08. The Hall–Kier alpha value is -2.46. The molecule has 0 unspecified atom stereocenters. The SMILES string of the molecule is Cc1ccc(/C(=C/Oc2ccccc2O)NO)cc1. The summed E-state index contributed by atoms with van der Waals surface area (Å²) in [4.78, 5) is 0. The molecule has 0 aliphatic heterocycles. The first-order chi connectivity index (χ1) is 9.20. The van der Waals surface area contributed by atoms with Crippen molar-refractivity contribution >= 4 is 5.70 Å². The Morgan fingerprint density at radius 3 is 2.42 bits per heavy atom. The zero-order valence-corrected chi connectivity index (χ0v) is 10.5. The zero-order chi connectivity index (χ0) is 13.7. The second-order valence-corrected chi connectivity index (χ2v) is 4.09. The van der Waals surface area contributed by atoms with Crippen LogP contribution < -0.4 is 10.2 Å². The molecular weight excluding hydrogens is 242 g/mol. The zero-order valence-electron chi connectivity index (χ0n) is 10.5. The highest BCUT2D eigenvalue weighted by atomic mass is 16.5. The number of aromatic hydroxyl groups is 1. The maximum atomic E-state index is 9.57. The van der Waals surface area contributed by atoms with Gasteiger partial charge in [0.25, 0.3) is 0 Å². The van der Waals surface area contributed by atoms with E-state index in [1.54, 1.807) is 18.2 Å². The van der Waals surface area contributed by atoms with Gasteiger partial charge in [-0.1, -0.05) is 42.0 Å². The van der Waals surface area contributed by atoms with Crippen molar-refractivity contribution in [1.82, 2.24) is 5.48 Å². The van der Waals surface area contributed by atoms with Crippen LogP contribution >= 0.6 is 0 Å². The van der Waals surface area contributed by atoms with Crippen LogP contribution in [0.2, 0.25) is 0 Å². The van der Waals surface area contributed by atoms with Crippen LogP contribution in [0.4, 0.5) is 0 Å². The second kappa shape index (κ2) is 5.93. The highest BCUT2D eigenvalue weighted by Crippen LogP contribution is 2.25. The summed E-state index contributed by atoms with van der Waals surface area (Å²) in [6.07, 6.45) is 1.35. The van der Waals surface area contributed by atoms with Crippen molar-refractivity contribution in [2.45, 2.75) is 6.92 Å². The number of hydroxylamine groups is 1. The smallest absolute Gasteiger partial charge is 0.168 e. The van der Waals surface area contributed by atoms with Crippen LogP contribution in [-0.2, 0) is 0 Å². The highest BCUT2D eigenvalue weighted by molar-refractivity contribution is 5.62. The number of aryl methyl sites for hydroxylation is 1. The Morgan fingerprint density at radius 2 is 1.79 bits per heavy atom. The van der Waals surface area contributed by atoms with Gasteiger partial charge in [0.05, 0.1) is 0 Å². The maximum absolute atomic E-state index is 9.57. The van der Waals surface area contributed by atoms with Crippen molar-refractivity contribution in [3.63, 3.8) is 0 Å². The first-order valence-corrected chi connectivity index (χ1v) is 5.82. The lowest BCUT2D eigenvalue weighted by molar-refractivity contribution is 0.222. The minimum Gasteiger partial charge on any atom is -0.504 e. The molecule has 0 atom stereocenters. The van der Waals surface area contributed by atoms with Gasteiger partial charge in [0.2, 0.25) is 0 Å². The fraction of sp³-hybridized carbons (Fsp3) is 0.0667. The number of nitrogens with one attached hydrogen (secondary N) is 1. The molecule has 0 saturated heterocycles. The third-order valence-corrected chi connectivity index (χ3v) is 2.65. The molecule has 2 rings (SSSR count). The maximum Gasteiger partial charge on any atom is 0.168 e. The van der Waals surface area contributed by atoms with Gasteiger partial charge in [0.15, 0.2) is 11.5 Å². The average molecular weight is 257 g/mol. The lowest BCUT2D eigenvalue weighted by atomic mass is 10.1. The Bertz CT molecular complexity index is 576. The van der Waals surface area contributed by atoms with Crippen LogP contribution in [0, 0.1) is 6.92 Å². The van der Waals surface area contributed by atoms with E-state index in [1.165, 1.54) is 12.3 Å². The van der Waals surface area contributed by atoms with E-state index in [-0.39, 0.29) is 5.75 Å². The molecule has 2 aromatic rings. The Balaban J connectivity index is 2.20. The molecular formula is C15H15NO3. The van der Waals surface area contributed by atoms with Gasteiger partial charge in [-0.05, 0) is 19.1 Å². The third-order valence-electron chi connectivity index (χ3n) is 2.65. The average Bonchev–Trinajstić information content (AvgIpc) is 2.43. The molecule has 98 valence electrons. The van der Waals surface area contributed by atoms with Crippen molar-refractivity contribution < 1.29 is 15.1 Å². The van der Waals surface area contributed by atoms with Crippen molar-refractivity contribution in [2.75, 3.05) is 0 Å². The van der Waals surface area contributed by atoms with Crippen LogP contribution in [0.5, 0.6) is 11.5 Å². The Morgan fingerprint density at radius 1 is 1.11 bits per heavy atom. The van der Waals surface area contributed by atoms with E-state index in [4.69, 9.17) is 9.94 Å². The van der Waals surface area contributed by atoms with Crippen LogP contribution in [0.1, 0.15) is 11.1 Å². The van der Waals surface area contributed by atoms with Gasteiger partial charge >= 0.3 is 0 Å². The number of phenols is 1. The monoisotopic (exact) mass is 257 g/mol. The van der Waals surface area contributed by atoms with Crippen molar-refractivity contribution in [3.05, 3.63) is 65.9 Å². The number of benzene rings is 2. The Kier molecular flexibility index (Phi) is 4.05. The van der Waals surface area contributed by atoms with E-state index >= 15 is 0 Å². The molecule has 2 aromatic carbocycles. The summed E-state index contributed by atoms with van der Waals surface area (Å²) in [6, 6.07) is 14.2. The molecule has 0 amide bonds. The summed E-state index contributed by atoms with van der Waals surface area (Å²) >= 11 is 0. The largest absolute Gasteiger partial charge is 0.504 e. The molecule has 0 bridgehead atoms. The van der Waals surface area contributed by atoms with Gasteiger partial charge in [-0.15, -0.1) is 0 Å². The first kappa shape index (κ1) is 13.0. The van der Waals surface area contributed by atoms with E-state index in [2.05, 4.69) is 5.48 Å². The molecule has 0 fully saturated rings. The normalized spacial score (nSPS) is 11.2. The van der Waals surface area contributed by atoms with Crippen LogP contribution in [-0.4, -0.2) is 10.3 Å². The highest BCUT2D eigenvalue weighted by Gasteiger charge is 2.03. The number of para-hydroxylation sites is 2. The van der Waals surface area contributed by atoms with Crippen LogP contribution in [0.3, 0.4) is 0 Å². The fourth-order valence-corrected chi connectivity index (χ4v) is 1.57. The summed E-state index contributed by atoms with van der Waals surface area (Å²) in [6.45, 7) is 1.98. The molecule has 3 N–H and O–H groups in total. The minimum atomic E-state index is 0.0416. The van der Waals surface area contributed by atoms with Crippen molar-refractivity contribution in [2.24, 2.45) is 0 Å². The topological polar surface area (TPSA) is 61.7 Å². The van der Waals surface area contributed by atoms with Gasteiger partial charge in [-0.2, -0.15) is 0 Å². The van der Waals surface area contributed by atoms with E-state index in [0.29, 0.717) is 11.4 Å². The molecule has 0 aliphatic carbocycles. The third kappa shape index (κ3) is 3.26. The molecule has 0 spiro atoms. The Labute approximate surface area is 111 Å². The van der Waals surface area contributed by atoms with E-state index < -0.39 is 0 Å². The van der Waals surface area contributed by atoms with Crippen molar-refractivity contribution in [3.8, 4) is 11.5 Å². The molecule has 0 saturated carbocycles. The second-order valence-electron chi connectivity index (χ2n) is 4.09. The number of rotatable bonds is 4. The van der Waals surface area contributed by atoms with E-state index in [0.717, 1.165) is 11.1 Å². The van der Waals surface area contributed by atoms with Gasteiger partial charge in [0.1, 0.15) is 12.0 Å². The lowest BCUT2D eigenvalue weighted by Crippen LogP contribution is -2.07. The molecule has 0 radical (unpaired) electrons. The summed E-state index contributed by atoms with van der Waals surface area (Å²) in [5, 5.41) is 18.7. The summed E-state index contributed by atoms with van der Waals surface area (Å²) < 4.78 is 5.34. The fourth-order valence-electron chi connectivity index (χ4n) is 1.57. The van der Waals surface area contributed by atoms with Gasteiger partial charge < -0.3 is 9.84 Å². The van der Waals surface area contributed by atoms with Crippen LogP contribution in [0.25, 0.3) is 5.70 Å². The van der Waals surface area contributed by atoms with Crippen molar-refractivity contribution in [1.29, 1.82) is 0 Å². The minimum absolute atomic E-state index is 0.0416. The quantitative estimate of drug-likeness (QED) is 0.582. The van der Waals surface area contributed by atoms with Gasteiger partial charge in [0, 0.05) is 5.56 Å². The molecule has 19 heavy (non-hydrogen) atoms. The van der Waals surface area contributed by atoms with E-state index in [1.807, 2.05) is 31.2 Å². The predicted molar refractivity (Wildman–Crippen MR) is 72.8 cm³/mol. The number of hydrogen-bond acceptors (Lipinski definition) is 4.